The van der Waals surface area contributed by atoms with Crippen molar-refractivity contribution in [1.82, 2.24) is 0 Å². The predicted octanol–water partition coefficient (Wildman–Crippen LogP) is 2.49. The van der Waals surface area contributed by atoms with Gasteiger partial charge in [0.2, 0.25) is 0 Å². The van der Waals surface area contributed by atoms with Crippen LogP contribution in [0.4, 0.5) is 0 Å². The number of hydrogen-bond donors (Lipinski definition) is 0. The second-order valence-electron chi connectivity index (χ2n) is 3.41. The Bertz CT molecular complexity index is 318. The van der Waals surface area contributed by atoms with Crippen molar-refractivity contribution >= 4 is 5.97 Å². The van der Waals surface area contributed by atoms with Crippen LogP contribution in [0.3, 0.4) is 0 Å². The normalized spacial score (nSPS) is 10.0. The summed E-state index contributed by atoms with van der Waals surface area (Å²) in [5, 5.41) is 0. The van der Waals surface area contributed by atoms with Gasteiger partial charge < -0.3 is 0 Å². The van der Waals surface area contributed by atoms with Crippen molar-refractivity contribution in [3.05, 3.63) is 29.8 Å². The monoisotopic (exact) mass is 194 g/mol. The Labute approximate surface area is 83.6 Å². The quantitative estimate of drug-likeness (QED) is 0.547. The number of carbonyl (C=O) groups excluding carboxylic acids is 1. The van der Waals surface area contributed by atoms with E-state index in [1.54, 1.807) is 19.9 Å². The molecular weight excluding hydrogens is 180 g/mol. The number of benzene rings is 1. The first-order valence-electron chi connectivity index (χ1n) is 4.55. The van der Waals surface area contributed by atoms with Crippen LogP contribution in [0.25, 0.3) is 0 Å². The van der Waals surface area contributed by atoms with Gasteiger partial charge in [0, 0.05) is 0 Å². The highest BCUT2D eigenvalue weighted by atomic mass is 17.2. The Kier molecular flexibility index (Phi) is 3.51. The second kappa shape index (κ2) is 4.65. The van der Waals surface area contributed by atoms with E-state index in [-0.39, 0.29) is 11.9 Å². The number of rotatable bonds is 3. The van der Waals surface area contributed by atoms with Crippen molar-refractivity contribution in [3.63, 3.8) is 0 Å². The minimum absolute atomic E-state index is 0.181. The molecule has 76 valence electrons. The molecule has 0 aliphatic rings. The van der Waals surface area contributed by atoms with Crippen LogP contribution in [0.5, 0.6) is 5.75 Å². The minimum Gasteiger partial charge on any atom is -0.287 e. The molecule has 3 heteroatoms. The lowest BCUT2D eigenvalue weighted by molar-refractivity contribution is -0.217. The van der Waals surface area contributed by atoms with Crippen LogP contribution in [0.2, 0.25) is 0 Å². The first-order chi connectivity index (χ1) is 6.61. The molecule has 0 atom stereocenters. The van der Waals surface area contributed by atoms with E-state index < -0.39 is 0 Å². The molecule has 0 unspecified atom stereocenters. The lowest BCUT2D eigenvalue weighted by Crippen LogP contribution is -2.14. The van der Waals surface area contributed by atoms with Crippen LogP contribution in [0, 0.1) is 12.8 Å². The van der Waals surface area contributed by atoms with Crippen molar-refractivity contribution < 1.29 is 14.6 Å². The van der Waals surface area contributed by atoms with E-state index in [0.29, 0.717) is 5.75 Å². The Hall–Kier alpha value is -1.51. The van der Waals surface area contributed by atoms with Crippen LogP contribution in [-0.4, -0.2) is 5.97 Å². The standard InChI is InChI=1S/C11H14O3/c1-8(2)11(12)14-13-10-7-5-4-6-9(10)3/h4-8H,1-3H3. The summed E-state index contributed by atoms with van der Waals surface area (Å²) in [6.07, 6.45) is 0. The van der Waals surface area contributed by atoms with Gasteiger partial charge >= 0.3 is 5.97 Å². The van der Waals surface area contributed by atoms with E-state index in [1.807, 2.05) is 25.1 Å². The zero-order chi connectivity index (χ0) is 10.6. The second-order valence-corrected chi connectivity index (χ2v) is 3.41. The molecule has 3 nitrogen and oxygen atoms in total. The zero-order valence-electron chi connectivity index (χ0n) is 8.61. The van der Waals surface area contributed by atoms with Crippen molar-refractivity contribution in [3.8, 4) is 5.75 Å². The Morgan fingerprint density at radius 1 is 1.29 bits per heavy atom. The summed E-state index contributed by atoms with van der Waals surface area (Å²) >= 11 is 0. The molecule has 0 N–H and O–H groups in total. The molecule has 0 saturated heterocycles. The predicted molar refractivity (Wildman–Crippen MR) is 52.7 cm³/mol. The van der Waals surface area contributed by atoms with Crippen LogP contribution in [-0.2, 0) is 9.68 Å². The van der Waals surface area contributed by atoms with Gasteiger partial charge in [-0.05, 0) is 18.6 Å². The van der Waals surface area contributed by atoms with Gasteiger partial charge in [-0.1, -0.05) is 32.0 Å². The topological polar surface area (TPSA) is 35.5 Å². The molecule has 0 heterocycles. The van der Waals surface area contributed by atoms with Crippen molar-refractivity contribution in [2.45, 2.75) is 20.8 Å². The first kappa shape index (κ1) is 10.6. The smallest absolute Gasteiger partial charge is 0.287 e. The fourth-order valence-corrected chi connectivity index (χ4v) is 0.832. The molecular formula is C11H14O3. The van der Waals surface area contributed by atoms with Gasteiger partial charge in [0.25, 0.3) is 0 Å². The lowest BCUT2D eigenvalue weighted by atomic mass is 10.2. The molecule has 0 aliphatic carbocycles. The fraction of sp³-hybridized carbons (Fsp3) is 0.364. The summed E-state index contributed by atoms with van der Waals surface area (Å²) in [6, 6.07) is 7.36. The van der Waals surface area contributed by atoms with E-state index in [9.17, 15) is 4.79 Å². The molecule has 0 fully saturated rings. The zero-order valence-corrected chi connectivity index (χ0v) is 8.61. The summed E-state index contributed by atoms with van der Waals surface area (Å²) < 4.78 is 0. The van der Waals surface area contributed by atoms with Crippen LogP contribution < -0.4 is 4.89 Å². The summed E-state index contributed by atoms with van der Waals surface area (Å²) in [5.74, 6) is 0.0220. The van der Waals surface area contributed by atoms with Gasteiger partial charge in [-0.3, -0.25) is 9.78 Å². The number of aryl methyl sites for hydroxylation is 1. The SMILES string of the molecule is Cc1ccccc1OOC(=O)C(C)C. The third-order valence-corrected chi connectivity index (χ3v) is 1.78. The molecule has 0 saturated carbocycles. The van der Waals surface area contributed by atoms with E-state index in [4.69, 9.17) is 4.89 Å². The molecule has 0 aromatic heterocycles. The van der Waals surface area contributed by atoms with Gasteiger partial charge in [-0.15, -0.1) is 0 Å². The molecule has 1 aromatic carbocycles. The van der Waals surface area contributed by atoms with E-state index >= 15 is 0 Å². The van der Waals surface area contributed by atoms with Gasteiger partial charge in [0.15, 0.2) is 5.75 Å². The van der Waals surface area contributed by atoms with Gasteiger partial charge in [-0.25, -0.2) is 4.79 Å². The Morgan fingerprint density at radius 2 is 1.93 bits per heavy atom. The Balaban J connectivity index is 2.54. The fourth-order valence-electron chi connectivity index (χ4n) is 0.832. The summed E-state index contributed by atoms with van der Waals surface area (Å²) in [7, 11) is 0. The average Bonchev–Trinajstić information content (AvgIpc) is 2.16. The van der Waals surface area contributed by atoms with Crippen LogP contribution in [0.15, 0.2) is 24.3 Å². The molecule has 0 aliphatic heterocycles. The van der Waals surface area contributed by atoms with Crippen molar-refractivity contribution in [1.29, 1.82) is 0 Å². The third-order valence-electron chi connectivity index (χ3n) is 1.78. The van der Waals surface area contributed by atoms with Crippen LogP contribution >= 0.6 is 0 Å². The molecule has 0 amide bonds. The molecule has 1 aromatic rings. The van der Waals surface area contributed by atoms with Crippen LogP contribution in [0.1, 0.15) is 19.4 Å². The van der Waals surface area contributed by atoms with Gasteiger partial charge in [0.1, 0.15) is 0 Å². The Morgan fingerprint density at radius 3 is 2.50 bits per heavy atom. The highest BCUT2D eigenvalue weighted by Gasteiger charge is 2.10. The van der Waals surface area contributed by atoms with Crippen molar-refractivity contribution in [2.24, 2.45) is 5.92 Å². The highest BCUT2D eigenvalue weighted by Crippen LogP contribution is 2.16. The summed E-state index contributed by atoms with van der Waals surface area (Å²) in [5.41, 5.74) is 0.934. The van der Waals surface area contributed by atoms with Crippen molar-refractivity contribution in [2.75, 3.05) is 0 Å². The minimum atomic E-state index is -0.367. The largest absolute Gasteiger partial charge is 0.357 e. The number of para-hydroxylation sites is 1. The number of carbonyl (C=O) groups is 1. The highest BCUT2D eigenvalue weighted by molar-refractivity contribution is 5.70. The summed E-state index contributed by atoms with van der Waals surface area (Å²) in [6.45, 7) is 5.39. The maximum atomic E-state index is 11.1. The van der Waals surface area contributed by atoms with E-state index in [0.717, 1.165) is 5.56 Å². The van der Waals surface area contributed by atoms with Gasteiger partial charge in [0.05, 0.1) is 5.92 Å². The van der Waals surface area contributed by atoms with Gasteiger partial charge in [-0.2, -0.15) is 0 Å². The average molecular weight is 194 g/mol. The molecule has 14 heavy (non-hydrogen) atoms. The maximum absolute atomic E-state index is 11.1. The molecule has 0 radical (unpaired) electrons. The molecule has 0 spiro atoms. The van der Waals surface area contributed by atoms with E-state index in [2.05, 4.69) is 4.89 Å². The maximum Gasteiger partial charge on any atom is 0.357 e. The van der Waals surface area contributed by atoms with E-state index in [1.165, 1.54) is 0 Å². The third kappa shape index (κ3) is 2.76. The summed E-state index contributed by atoms with van der Waals surface area (Å²) in [4.78, 5) is 20.6. The molecule has 1 rings (SSSR count). The molecule has 0 bridgehead atoms. The first-order valence-corrected chi connectivity index (χ1v) is 4.55. The number of hydrogen-bond acceptors (Lipinski definition) is 3. The lowest BCUT2D eigenvalue weighted by Gasteiger charge is -2.07.